The molecule has 0 aliphatic rings. The fraction of sp³-hybridized carbons (Fsp3) is 0.188. The highest BCUT2D eigenvalue weighted by Gasteiger charge is 2.32. The number of hydrogen-bond donors (Lipinski definition) is 1. The van der Waals surface area contributed by atoms with Gasteiger partial charge in [-0.2, -0.15) is 13.2 Å². The van der Waals surface area contributed by atoms with Crippen LogP contribution < -0.4 is 9.62 Å². The molecule has 140 valence electrons. The number of rotatable bonds is 5. The van der Waals surface area contributed by atoms with Crippen LogP contribution in [-0.4, -0.2) is 27.1 Å². The molecule has 2 aromatic carbocycles. The van der Waals surface area contributed by atoms with Crippen molar-refractivity contribution < 1.29 is 26.4 Å². The van der Waals surface area contributed by atoms with E-state index in [1.54, 1.807) is 24.3 Å². The maximum atomic E-state index is 12.9. The van der Waals surface area contributed by atoms with Gasteiger partial charge in [-0.05, 0) is 36.4 Å². The number of sulfonamides is 1. The number of amides is 1. The Balaban J connectivity index is 2.28. The number of anilines is 2. The highest BCUT2D eigenvalue weighted by molar-refractivity contribution is 9.10. The highest BCUT2D eigenvalue weighted by Crippen LogP contribution is 2.32. The fourth-order valence-electron chi connectivity index (χ4n) is 2.13. The van der Waals surface area contributed by atoms with E-state index >= 15 is 0 Å². The first kappa shape index (κ1) is 20.2. The monoisotopic (exact) mass is 450 g/mol. The molecule has 10 heteroatoms. The van der Waals surface area contributed by atoms with Gasteiger partial charge in [0.25, 0.3) is 0 Å². The number of nitrogens with zero attached hydrogens (tertiary/aromatic N) is 1. The van der Waals surface area contributed by atoms with Gasteiger partial charge in [0, 0.05) is 10.2 Å². The fourth-order valence-corrected chi connectivity index (χ4v) is 3.38. The van der Waals surface area contributed by atoms with Gasteiger partial charge in [-0.25, -0.2) is 8.42 Å². The maximum absolute atomic E-state index is 12.9. The van der Waals surface area contributed by atoms with Crippen molar-refractivity contribution in [2.45, 2.75) is 6.18 Å². The van der Waals surface area contributed by atoms with Gasteiger partial charge >= 0.3 is 6.18 Å². The lowest BCUT2D eigenvalue weighted by Crippen LogP contribution is -2.37. The molecule has 0 radical (unpaired) electrons. The second-order valence-electron chi connectivity index (χ2n) is 5.38. The Morgan fingerprint density at radius 2 is 1.81 bits per heavy atom. The first-order valence-electron chi connectivity index (χ1n) is 7.17. The summed E-state index contributed by atoms with van der Waals surface area (Å²) in [5, 5.41) is 2.50. The predicted octanol–water partition coefficient (Wildman–Crippen LogP) is 3.87. The predicted molar refractivity (Wildman–Crippen MR) is 96.4 cm³/mol. The molecule has 26 heavy (non-hydrogen) atoms. The lowest BCUT2D eigenvalue weighted by atomic mass is 10.2. The van der Waals surface area contributed by atoms with Gasteiger partial charge < -0.3 is 5.32 Å². The Morgan fingerprint density at radius 3 is 2.38 bits per heavy atom. The van der Waals surface area contributed by atoms with Crippen molar-refractivity contribution >= 4 is 43.2 Å². The Labute approximate surface area is 157 Å². The molecule has 0 unspecified atom stereocenters. The zero-order valence-electron chi connectivity index (χ0n) is 13.4. The second-order valence-corrected chi connectivity index (χ2v) is 8.20. The summed E-state index contributed by atoms with van der Waals surface area (Å²) >= 11 is 3.23. The van der Waals surface area contributed by atoms with Crippen molar-refractivity contribution in [2.75, 3.05) is 22.4 Å². The van der Waals surface area contributed by atoms with Crippen LogP contribution in [-0.2, 0) is 21.0 Å². The normalized spacial score (nSPS) is 11.9. The van der Waals surface area contributed by atoms with Crippen molar-refractivity contribution in [1.82, 2.24) is 0 Å². The van der Waals surface area contributed by atoms with Gasteiger partial charge in [0.05, 0.1) is 17.5 Å². The quantitative estimate of drug-likeness (QED) is 0.751. The zero-order valence-corrected chi connectivity index (χ0v) is 15.8. The van der Waals surface area contributed by atoms with Crippen LogP contribution in [0.4, 0.5) is 24.5 Å². The molecule has 0 aliphatic carbocycles. The molecule has 0 spiro atoms. The molecule has 1 amide bonds. The molecule has 0 saturated heterocycles. The van der Waals surface area contributed by atoms with E-state index in [-0.39, 0.29) is 5.69 Å². The number of carbonyl (C=O) groups excluding carboxylic acids is 1. The van der Waals surface area contributed by atoms with Gasteiger partial charge in [0.2, 0.25) is 15.9 Å². The first-order valence-corrected chi connectivity index (χ1v) is 9.81. The lowest BCUT2D eigenvalue weighted by Gasteiger charge is -2.22. The van der Waals surface area contributed by atoms with E-state index in [9.17, 15) is 26.4 Å². The topological polar surface area (TPSA) is 66.5 Å². The Bertz CT molecular complexity index is 917. The molecule has 0 aromatic heterocycles. The van der Waals surface area contributed by atoms with Crippen molar-refractivity contribution in [1.29, 1.82) is 0 Å². The molecule has 0 saturated carbocycles. The lowest BCUT2D eigenvalue weighted by molar-refractivity contribution is -0.137. The van der Waals surface area contributed by atoms with Gasteiger partial charge in [0.1, 0.15) is 6.54 Å². The number of halogens is 4. The van der Waals surface area contributed by atoms with Crippen molar-refractivity contribution in [3.63, 3.8) is 0 Å². The van der Waals surface area contributed by atoms with Crippen LogP contribution in [0.2, 0.25) is 0 Å². The summed E-state index contributed by atoms with van der Waals surface area (Å²) in [6.45, 7) is -0.660. The van der Waals surface area contributed by atoms with Crippen molar-refractivity contribution in [2.24, 2.45) is 0 Å². The Kier molecular flexibility index (Phi) is 5.97. The average Bonchev–Trinajstić information content (AvgIpc) is 2.51. The van der Waals surface area contributed by atoms with Gasteiger partial charge in [-0.15, -0.1) is 0 Å². The highest BCUT2D eigenvalue weighted by atomic mass is 79.9. The number of nitrogens with one attached hydrogen (secondary N) is 1. The summed E-state index contributed by atoms with van der Waals surface area (Å²) in [6, 6.07) is 10.4. The van der Waals surface area contributed by atoms with Crippen LogP contribution in [0.15, 0.2) is 53.0 Å². The van der Waals surface area contributed by atoms with E-state index < -0.39 is 34.2 Å². The molecule has 0 atom stereocenters. The minimum Gasteiger partial charge on any atom is -0.324 e. The van der Waals surface area contributed by atoms with Crippen LogP contribution in [0.25, 0.3) is 0 Å². The van der Waals surface area contributed by atoms with E-state index in [1.807, 2.05) is 0 Å². The first-order chi connectivity index (χ1) is 12.0. The summed E-state index contributed by atoms with van der Waals surface area (Å²) in [5.41, 5.74) is -0.829. The summed E-state index contributed by atoms with van der Waals surface area (Å²) in [6.07, 6.45) is -3.81. The average molecular weight is 451 g/mol. The van der Waals surface area contributed by atoms with E-state index in [2.05, 4.69) is 21.2 Å². The smallest absolute Gasteiger partial charge is 0.324 e. The maximum Gasteiger partial charge on any atom is 0.416 e. The summed E-state index contributed by atoms with van der Waals surface area (Å²) in [7, 11) is -3.98. The molecular formula is C16H14BrF3N2O3S. The number of benzene rings is 2. The van der Waals surface area contributed by atoms with E-state index in [0.717, 1.165) is 18.4 Å². The SMILES string of the molecule is CS(=O)(=O)N(CC(=O)Nc1cccc(Br)c1)c1cccc(C(F)(F)F)c1. The molecule has 2 aromatic rings. The van der Waals surface area contributed by atoms with Crippen LogP contribution in [0.3, 0.4) is 0 Å². The zero-order chi connectivity index (χ0) is 19.5. The van der Waals surface area contributed by atoms with Crippen molar-refractivity contribution in [3.05, 3.63) is 58.6 Å². The minimum atomic E-state index is -4.63. The van der Waals surface area contributed by atoms with Gasteiger partial charge in [0.15, 0.2) is 0 Å². The van der Waals surface area contributed by atoms with E-state index in [1.165, 1.54) is 6.07 Å². The molecule has 1 N–H and O–H groups in total. The molecule has 2 rings (SSSR count). The largest absolute Gasteiger partial charge is 0.416 e. The van der Waals surface area contributed by atoms with Crippen LogP contribution in [0.1, 0.15) is 5.56 Å². The van der Waals surface area contributed by atoms with Crippen LogP contribution in [0.5, 0.6) is 0 Å². The van der Waals surface area contributed by atoms with Crippen LogP contribution in [0, 0.1) is 0 Å². The Morgan fingerprint density at radius 1 is 1.15 bits per heavy atom. The molecule has 0 heterocycles. The minimum absolute atomic E-state index is 0.244. The third-order valence-corrected chi connectivity index (χ3v) is 4.89. The molecule has 0 fully saturated rings. The molecule has 5 nitrogen and oxygen atoms in total. The summed E-state index contributed by atoms with van der Waals surface area (Å²) in [5.74, 6) is -0.689. The summed E-state index contributed by atoms with van der Waals surface area (Å²) in [4.78, 5) is 12.2. The number of carbonyl (C=O) groups is 1. The van der Waals surface area contributed by atoms with Crippen LogP contribution >= 0.6 is 15.9 Å². The van der Waals surface area contributed by atoms with Gasteiger partial charge in [-0.3, -0.25) is 9.10 Å². The Hall–Kier alpha value is -2.07. The van der Waals surface area contributed by atoms with Gasteiger partial charge in [-0.1, -0.05) is 28.1 Å². The second kappa shape index (κ2) is 7.67. The molecular weight excluding hydrogens is 437 g/mol. The van der Waals surface area contributed by atoms with E-state index in [0.29, 0.717) is 20.5 Å². The van der Waals surface area contributed by atoms with E-state index in [4.69, 9.17) is 0 Å². The number of alkyl halides is 3. The van der Waals surface area contributed by atoms with Crippen molar-refractivity contribution in [3.8, 4) is 0 Å². The standard InChI is InChI=1S/C16H14BrF3N2O3S/c1-26(24,25)22(14-7-2-4-11(8-14)16(18,19)20)10-15(23)21-13-6-3-5-12(17)9-13/h2-9H,10H2,1H3,(H,21,23). The number of hydrogen-bond acceptors (Lipinski definition) is 3. The third-order valence-electron chi connectivity index (χ3n) is 3.26. The molecule has 0 bridgehead atoms. The molecule has 0 aliphatic heterocycles. The summed E-state index contributed by atoms with van der Waals surface area (Å²) < 4.78 is 63.9. The third kappa shape index (κ3) is 5.46.